The number of carbonyl (C=O) groups is 1. The maximum atomic E-state index is 12.6. The Hall–Kier alpha value is -4.00. The number of nitrogens with zero attached hydrogens (tertiary/aromatic N) is 4. The van der Waals surface area contributed by atoms with Gasteiger partial charge < -0.3 is 9.47 Å². The molecule has 0 bridgehead atoms. The van der Waals surface area contributed by atoms with E-state index in [9.17, 15) is 4.79 Å². The quantitative estimate of drug-likeness (QED) is 0.500. The van der Waals surface area contributed by atoms with Crippen LogP contribution in [-0.4, -0.2) is 32.5 Å². The van der Waals surface area contributed by atoms with Gasteiger partial charge in [0.1, 0.15) is 17.8 Å². The van der Waals surface area contributed by atoms with Gasteiger partial charge in [0.25, 0.3) is 0 Å². The summed E-state index contributed by atoms with van der Waals surface area (Å²) in [4.78, 5) is 21.9. The van der Waals surface area contributed by atoms with Crippen LogP contribution < -0.4 is 9.47 Å². The topological polar surface area (TPSA) is 78.6 Å². The number of ketones is 1. The lowest BCUT2D eigenvalue weighted by Gasteiger charge is -2.28. The fraction of sp³-hybridized carbons (Fsp3) is 0.167. The molecule has 2 aromatic carbocycles. The summed E-state index contributed by atoms with van der Waals surface area (Å²) < 4.78 is 13.1. The Labute approximate surface area is 179 Å². The third-order valence-corrected chi connectivity index (χ3v) is 5.45. The SMILES string of the molecule is COc1ccccc1-c1nc2c3c(ncn2n1)OC(C)=C(C(C)=O)C3c1ccccc1. The molecule has 2 aromatic heterocycles. The van der Waals surface area contributed by atoms with E-state index in [1.165, 1.54) is 0 Å². The van der Waals surface area contributed by atoms with Crippen LogP contribution in [0.3, 0.4) is 0 Å². The van der Waals surface area contributed by atoms with Gasteiger partial charge in [-0.2, -0.15) is 0 Å². The van der Waals surface area contributed by atoms with E-state index < -0.39 is 0 Å². The number of carbonyl (C=O) groups excluding carboxylic acids is 1. The van der Waals surface area contributed by atoms with Crippen molar-refractivity contribution in [2.75, 3.05) is 7.11 Å². The smallest absolute Gasteiger partial charge is 0.228 e. The highest BCUT2D eigenvalue weighted by molar-refractivity contribution is 5.97. The van der Waals surface area contributed by atoms with E-state index in [-0.39, 0.29) is 11.7 Å². The van der Waals surface area contributed by atoms with Crippen LogP contribution in [0, 0.1) is 0 Å². The number of fused-ring (bicyclic) bond motifs is 3. The maximum Gasteiger partial charge on any atom is 0.228 e. The van der Waals surface area contributed by atoms with Crippen molar-refractivity contribution in [2.24, 2.45) is 0 Å². The minimum atomic E-state index is -0.353. The molecule has 1 aliphatic rings. The number of benzene rings is 2. The third kappa shape index (κ3) is 3.06. The average molecular weight is 412 g/mol. The number of hydrogen-bond donors (Lipinski definition) is 0. The van der Waals surface area contributed by atoms with Gasteiger partial charge in [-0.15, -0.1) is 5.10 Å². The van der Waals surface area contributed by atoms with Crippen LogP contribution in [0.2, 0.25) is 0 Å². The summed E-state index contributed by atoms with van der Waals surface area (Å²) in [6.07, 6.45) is 1.58. The lowest BCUT2D eigenvalue weighted by Crippen LogP contribution is -2.22. The first-order chi connectivity index (χ1) is 15.1. The second kappa shape index (κ2) is 7.36. The molecule has 0 saturated carbocycles. The zero-order valence-corrected chi connectivity index (χ0v) is 17.4. The highest BCUT2D eigenvalue weighted by Gasteiger charge is 2.36. The summed E-state index contributed by atoms with van der Waals surface area (Å²) in [7, 11) is 1.62. The van der Waals surface area contributed by atoms with Crippen LogP contribution in [0.1, 0.15) is 30.9 Å². The van der Waals surface area contributed by atoms with E-state index in [0.717, 1.165) is 16.7 Å². The second-order valence-corrected chi connectivity index (χ2v) is 7.34. The summed E-state index contributed by atoms with van der Waals surface area (Å²) >= 11 is 0. The van der Waals surface area contributed by atoms with E-state index in [0.29, 0.717) is 34.4 Å². The van der Waals surface area contributed by atoms with Crippen molar-refractivity contribution in [3.8, 4) is 23.0 Å². The summed E-state index contributed by atoms with van der Waals surface area (Å²) in [5.74, 6) is 1.77. The van der Waals surface area contributed by atoms with Gasteiger partial charge in [0.15, 0.2) is 17.3 Å². The zero-order valence-electron chi connectivity index (χ0n) is 17.4. The number of Topliss-reactive ketones (excluding diaryl/α,β-unsaturated/α-hetero) is 1. The Bertz CT molecular complexity index is 1340. The monoisotopic (exact) mass is 412 g/mol. The molecule has 0 N–H and O–H groups in total. The standard InChI is InChI=1S/C24H20N4O3/c1-14(29)19-15(2)31-24-21(20(19)16-9-5-4-6-10-16)23-26-22(27-28(23)13-25-24)17-11-7-8-12-18(17)30-3/h4-13,20H,1-3H3. The van der Waals surface area contributed by atoms with Gasteiger partial charge >= 0.3 is 0 Å². The van der Waals surface area contributed by atoms with Crippen molar-refractivity contribution in [1.82, 2.24) is 19.6 Å². The molecule has 0 fully saturated rings. The van der Waals surface area contributed by atoms with Crippen molar-refractivity contribution < 1.29 is 14.3 Å². The normalized spacial score (nSPS) is 15.5. The highest BCUT2D eigenvalue weighted by atomic mass is 16.5. The van der Waals surface area contributed by atoms with E-state index in [1.807, 2.05) is 54.6 Å². The summed E-state index contributed by atoms with van der Waals surface area (Å²) in [5, 5.41) is 4.62. The fourth-order valence-electron chi connectivity index (χ4n) is 4.11. The lowest BCUT2D eigenvalue weighted by molar-refractivity contribution is -0.114. The molecule has 0 radical (unpaired) electrons. The van der Waals surface area contributed by atoms with Crippen LogP contribution in [0.15, 0.2) is 72.3 Å². The Morgan fingerprint density at radius 2 is 1.84 bits per heavy atom. The van der Waals surface area contributed by atoms with Crippen LogP contribution >= 0.6 is 0 Å². The van der Waals surface area contributed by atoms with E-state index in [2.05, 4.69) is 10.1 Å². The van der Waals surface area contributed by atoms with Crippen LogP contribution in [0.25, 0.3) is 17.0 Å². The molecule has 7 nitrogen and oxygen atoms in total. The molecule has 1 aliphatic heterocycles. The van der Waals surface area contributed by atoms with Crippen molar-refractivity contribution >= 4 is 11.4 Å². The molecule has 5 rings (SSSR count). The molecule has 154 valence electrons. The van der Waals surface area contributed by atoms with Gasteiger partial charge in [0.2, 0.25) is 5.88 Å². The van der Waals surface area contributed by atoms with Crippen molar-refractivity contribution in [1.29, 1.82) is 0 Å². The van der Waals surface area contributed by atoms with Gasteiger partial charge in [-0.05, 0) is 31.5 Å². The number of para-hydroxylation sites is 1. The van der Waals surface area contributed by atoms with E-state index >= 15 is 0 Å². The van der Waals surface area contributed by atoms with Gasteiger partial charge in [0, 0.05) is 11.5 Å². The third-order valence-electron chi connectivity index (χ3n) is 5.45. The Morgan fingerprint density at radius 1 is 1.10 bits per heavy atom. The summed E-state index contributed by atoms with van der Waals surface area (Å²) in [6, 6.07) is 17.4. The number of aromatic nitrogens is 4. The molecule has 7 heteroatoms. The van der Waals surface area contributed by atoms with Gasteiger partial charge in [-0.1, -0.05) is 42.5 Å². The molecule has 31 heavy (non-hydrogen) atoms. The first-order valence-electron chi connectivity index (χ1n) is 9.91. The first kappa shape index (κ1) is 19.0. The van der Waals surface area contributed by atoms with Crippen LogP contribution in [0.4, 0.5) is 0 Å². The summed E-state index contributed by atoms with van der Waals surface area (Å²) in [5.41, 5.74) is 3.64. The molecule has 4 aromatic rings. The second-order valence-electron chi connectivity index (χ2n) is 7.34. The molecule has 0 aliphatic carbocycles. The Kier molecular flexibility index (Phi) is 4.51. The first-order valence-corrected chi connectivity index (χ1v) is 9.91. The fourth-order valence-corrected chi connectivity index (χ4v) is 4.11. The molecular formula is C24H20N4O3. The molecule has 3 heterocycles. The molecule has 0 amide bonds. The lowest BCUT2D eigenvalue weighted by atomic mass is 9.82. The molecule has 0 spiro atoms. The maximum absolute atomic E-state index is 12.6. The molecular weight excluding hydrogens is 392 g/mol. The van der Waals surface area contributed by atoms with Gasteiger partial charge in [0.05, 0.1) is 18.2 Å². The molecule has 1 atom stereocenters. The molecule has 0 saturated heterocycles. The van der Waals surface area contributed by atoms with Crippen LogP contribution in [0.5, 0.6) is 11.6 Å². The highest BCUT2D eigenvalue weighted by Crippen LogP contribution is 2.44. The molecule has 1 unspecified atom stereocenters. The van der Waals surface area contributed by atoms with Gasteiger partial charge in [-0.25, -0.2) is 14.5 Å². The predicted octanol–water partition coefficient (Wildman–Crippen LogP) is 4.19. The number of methoxy groups -OCH3 is 1. The van der Waals surface area contributed by atoms with E-state index in [4.69, 9.17) is 14.5 Å². The minimum absolute atomic E-state index is 0.0523. The number of ether oxygens (including phenoxy) is 2. The minimum Gasteiger partial charge on any atom is -0.496 e. The zero-order chi connectivity index (χ0) is 21.5. The Morgan fingerprint density at radius 3 is 2.58 bits per heavy atom. The summed E-state index contributed by atoms with van der Waals surface area (Å²) in [6.45, 7) is 3.35. The average Bonchev–Trinajstić information content (AvgIpc) is 3.22. The van der Waals surface area contributed by atoms with Crippen molar-refractivity contribution in [3.05, 3.63) is 83.4 Å². The largest absolute Gasteiger partial charge is 0.496 e. The van der Waals surface area contributed by atoms with Crippen molar-refractivity contribution in [2.45, 2.75) is 19.8 Å². The number of hydrogen-bond acceptors (Lipinski definition) is 6. The van der Waals surface area contributed by atoms with Crippen molar-refractivity contribution in [3.63, 3.8) is 0 Å². The number of allylic oxidation sites excluding steroid dienone is 2. The van der Waals surface area contributed by atoms with Gasteiger partial charge in [-0.3, -0.25) is 4.79 Å². The number of rotatable bonds is 4. The van der Waals surface area contributed by atoms with E-state index in [1.54, 1.807) is 31.8 Å². The Balaban J connectivity index is 1.78. The van der Waals surface area contributed by atoms with Crippen LogP contribution in [-0.2, 0) is 4.79 Å². The predicted molar refractivity (Wildman–Crippen MR) is 115 cm³/mol.